The average Bonchev–Trinajstić information content (AvgIpc) is 2.32. The fraction of sp³-hybridized carbons (Fsp3) is 0.571. The number of aryl methyl sites for hydroxylation is 1. The van der Waals surface area contributed by atoms with Crippen LogP contribution in [0.2, 0.25) is 0 Å². The molecule has 1 atom stereocenters. The monoisotopic (exact) mass is 352 g/mol. The summed E-state index contributed by atoms with van der Waals surface area (Å²) >= 11 is 0. The number of hydrogen-bond donors (Lipinski definition) is 0. The van der Waals surface area contributed by atoms with Crippen LogP contribution in [-0.4, -0.2) is 0 Å². The first kappa shape index (κ1) is 19.6. The van der Waals surface area contributed by atoms with Crippen molar-refractivity contribution < 1.29 is 39.5 Å². The van der Waals surface area contributed by atoms with E-state index in [1.165, 1.54) is 6.92 Å². The second kappa shape index (κ2) is 5.90. The smallest absolute Gasteiger partial charge is 0.166 e. The van der Waals surface area contributed by atoms with Gasteiger partial charge in [-0.2, -0.15) is 39.5 Å². The van der Waals surface area contributed by atoms with Gasteiger partial charge in [0.25, 0.3) is 0 Å². The lowest BCUT2D eigenvalue weighted by Crippen LogP contribution is -2.25. The van der Waals surface area contributed by atoms with E-state index in [0.29, 0.717) is 6.92 Å². The second-order valence-corrected chi connectivity index (χ2v) is 5.21. The van der Waals surface area contributed by atoms with Gasteiger partial charge in [-0.05, 0) is 36.5 Å². The van der Waals surface area contributed by atoms with E-state index in [9.17, 15) is 39.5 Å². The summed E-state index contributed by atoms with van der Waals surface area (Å²) in [7, 11) is 0. The topological polar surface area (TPSA) is 0 Å². The van der Waals surface area contributed by atoms with Crippen LogP contribution in [0.4, 0.5) is 39.5 Å². The van der Waals surface area contributed by atoms with Gasteiger partial charge in [-0.1, -0.05) is 13.8 Å². The zero-order chi connectivity index (χ0) is 18.4. The van der Waals surface area contributed by atoms with E-state index in [0.717, 1.165) is 6.92 Å². The number of hydrogen-bond acceptors (Lipinski definition) is 0. The van der Waals surface area contributed by atoms with Gasteiger partial charge >= 0.3 is 18.5 Å². The molecule has 0 spiro atoms. The van der Waals surface area contributed by atoms with Crippen LogP contribution in [0.3, 0.4) is 0 Å². The van der Waals surface area contributed by atoms with Gasteiger partial charge in [-0.15, -0.1) is 0 Å². The van der Waals surface area contributed by atoms with Crippen molar-refractivity contribution in [3.05, 3.63) is 33.9 Å². The Bertz CT molecular complexity index is 576. The molecule has 23 heavy (non-hydrogen) atoms. The molecule has 0 saturated carbocycles. The SMILES string of the molecule is CCC(C)c1c(C(F)(F)F)cc(C)c(C(F)(F)F)c1C(F)(F)F. The lowest BCUT2D eigenvalue weighted by molar-refractivity contribution is -0.164. The maximum atomic E-state index is 13.2. The van der Waals surface area contributed by atoms with E-state index in [2.05, 4.69) is 0 Å². The van der Waals surface area contributed by atoms with Crippen LogP contribution in [0.15, 0.2) is 6.07 Å². The van der Waals surface area contributed by atoms with E-state index >= 15 is 0 Å². The standard InChI is InChI=1S/C14H13F9/c1-4-6(2)9-8(12(15,16)17)5-7(3)10(13(18,19)20)11(9)14(21,22)23/h5-6H,4H2,1-3H3. The molecule has 0 heterocycles. The molecule has 1 aromatic carbocycles. The molecule has 0 aliphatic rings. The fourth-order valence-corrected chi connectivity index (χ4v) is 2.44. The van der Waals surface area contributed by atoms with Crippen LogP contribution in [0, 0.1) is 6.92 Å². The minimum Gasteiger partial charge on any atom is -0.166 e. The fourth-order valence-electron chi connectivity index (χ4n) is 2.44. The highest BCUT2D eigenvalue weighted by Crippen LogP contribution is 2.49. The van der Waals surface area contributed by atoms with Crippen molar-refractivity contribution in [3.63, 3.8) is 0 Å². The summed E-state index contributed by atoms with van der Waals surface area (Å²) in [6.45, 7) is 2.93. The molecule has 0 radical (unpaired) electrons. The lowest BCUT2D eigenvalue weighted by atomic mass is 9.83. The van der Waals surface area contributed by atoms with Crippen molar-refractivity contribution >= 4 is 0 Å². The molecule has 0 amide bonds. The molecule has 1 unspecified atom stereocenters. The highest BCUT2D eigenvalue weighted by atomic mass is 19.4. The summed E-state index contributed by atoms with van der Waals surface area (Å²) in [6, 6.07) is 0.138. The molecule has 0 aliphatic heterocycles. The predicted molar refractivity (Wildman–Crippen MR) is 64.9 cm³/mol. The lowest BCUT2D eigenvalue weighted by Gasteiger charge is -2.27. The van der Waals surface area contributed by atoms with Crippen molar-refractivity contribution in [3.8, 4) is 0 Å². The van der Waals surface area contributed by atoms with Crippen molar-refractivity contribution in [2.24, 2.45) is 0 Å². The van der Waals surface area contributed by atoms with E-state index < -0.39 is 52.3 Å². The number of halogens is 9. The zero-order valence-electron chi connectivity index (χ0n) is 12.3. The number of rotatable bonds is 2. The third-order valence-corrected chi connectivity index (χ3v) is 3.54. The molecule has 0 aliphatic carbocycles. The molecular formula is C14H13F9. The Morgan fingerprint density at radius 3 is 1.57 bits per heavy atom. The maximum absolute atomic E-state index is 13.2. The van der Waals surface area contributed by atoms with Gasteiger partial charge in [0.05, 0.1) is 16.7 Å². The van der Waals surface area contributed by atoms with E-state index in [-0.39, 0.29) is 12.5 Å². The first-order chi connectivity index (χ1) is 10.1. The second-order valence-electron chi connectivity index (χ2n) is 5.21. The van der Waals surface area contributed by atoms with E-state index in [1.807, 2.05) is 0 Å². The van der Waals surface area contributed by atoms with E-state index in [4.69, 9.17) is 0 Å². The summed E-state index contributed by atoms with van der Waals surface area (Å²) in [5.74, 6) is -1.34. The molecule has 0 nitrogen and oxygen atoms in total. The van der Waals surface area contributed by atoms with Crippen LogP contribution in [0.1, 0.15) is 54.0 Å². The Morgan fingerprint density at radius 2 is 1.26 bits per heavy atom. The highest BCUT2D eigenvalue weighted by molar-refractivity contribution is 5.51. The molecule has 1 aromatic rings. The molecule has 0 bridgehead atoms. The highest BCUT2D eigenvalue weighted by Gasteiger charge is 2.49. The first-order valence-electron chi connectivity index (χ1n) is 6.51. The van der Waals surface area contributed by atoms with Crippen LogP contribution in [0.25, 0.3) is 0 Å². The predicted octanol–water partition coefficient (Wildman–Crippen LogP) is 6.56. The maximum Gasteiger partial charge on any atom is 0.417 e. The molecule has 132 valence electrons. The molecular weight excluding hydrogens is 339 g/mol. The van der Waals surface area contributed by atoms with Crippen LogP contribution in [0.5, 0.6) is 0 Å². The first-order valence-corrected chi connectivity index (χ1v) is 6.51. The van der Waals surface area contributed by atoms with Crippen molar-refractivity contribution in [2.45, 2.75) is 51.6 Å². The molecule has 0 aromatic heterocycles. The summed E-state index contributed by atoms with van der Waals surface area (Å²) in [4.78, 5) is 0. The minimum atomic E-state index is -5.56. The average molecular weight is 352 g/mol. The Labute approximate surface area is 126 Å². The summed E-state index contributed by atoms with van der Waals surface area (Å²) in [5, 5.41) is 0. The van der Waals surface area contributed by atoms with Gasteiger partial charge < -0.3 is 0 Å². The number of benzene rings is 1. The van der Waals surface area contributed by atoms with Gasteiger partial charge in [0, 0.05) is 0 Å². The third kappa shape index (κ3) is 3.92. The third-order valence-electron chi connectivity index (χ3n) is 3.54. The summed E-state index contributed by atoms with van der Waals surface area (Å²) in [5.41, 5.74) is -8.45. The Hall–Kier alpha value is -1.41. The molecule has 0 fully saturated rings. The summed E-state index contributed by atoms with van der Waals surface area (Å²) in [6.07, 6.45) is -16.3. The normalized spacial score (nSPS) is 15.0. The van der Waals surface area contributed by atoms with Gasteiger partial charge in [0.2, 0.25) is 0 Å². The largest absolute Gasteiger partial charge is 0.417 e. The van der Waals surface area contributed by atoms with Crippen molar-refractivity contribution in [2.75, 3.05) is 0 Å². The van der Waals surface area contributed by atoms with Gasteiger partial charge in [0.15, 0.2) is 0 Å². The van der Waals surface area contributed by atoms with E-state index in [1.54, 1.807) is 0 Å². The molecule has 9 heteroatoms. The molecule has 1 rings (SSSR count). The zero-order valence-corrected chi connectivity index (χ0v) is 12.3. The van der Waals surface area contributed by atoms with Gasteiger partial charge in [-0.3, -0.25) is 0 Å². The number of alkyl halides is 9. The van der Waals surface area contributed by atoms with Crippen molar-refractivity contribution in [1.82, 2.24) is 0 Å². The molecule has 0 saturated heterocycles. The quantitative estimate of drug-likeness (QED) is 0.529. The Balaban J connectivity index is 4.08. The Morgan fingerprint density at radius 1 is 0.826 bits per heavy atom. The van der Waals surface area contributed by atoms with Gasteiger partial charge in [0.1, 0.15) is 0 Å². The van der Waals surface area contributed by atoms with Crippen LogP contribution in [-0.2, 0) is 18.5 Å². The Kier molecular flexibility index (Phi) is 5.04. The summed E-state index contributed by atoms with van der Waals surface area (Å²) < 4.78 is 118. The van der Waals surface area contributed by atoms with Crippen LogP contribution >= 0.6 is 0 Å². The van der Waals surface area contributed by atoms with Crippen molar-refractivity contribution in [1.29, 1.82) is 0 Å². The van der Waals surface area contributed by atoms with Gasteiger partial charge in [-0.25, -0.2) is 0 Å². The minimum absolute atomic E-state index is 0.138. The van der Waals surface area contributed by atoms with Crippen LogP contribution < -0.4 is 0 Å². The molecule has 0 N–H and O–H groups in total.